The molecule has 8 atom stereocenters. The summed E-state index contributed by atoms with van der Waals surface area (Å²) in [5.41, 5.74) is 5.66. The Morgan fingerprint density at radius 3 is 1.61 bits per heavy atom. The van der Waals surface area contributed by atoms with Gasteiger partial charge in [-0.15, -0.1) is 0 Å². The number of ether oxygens (including phenoxy) is 3. The molecular formula is C51H58N8O8. The molecule has 6 aliphatic rings. The smallest absolute Gasteiger partial charge is 0.407 e. The van der Waals surface area contributed by atoms with Gasteiger partial charge in [-0.05, 0) is 108 Å². The number of H-pyrrole nitrogens is 2. The van der Waals surface area contributed by atoms with Crippen LogP contribution in [-0.2, 0) is 23.8 Å². The van der Waals surface area contributed by atoms with Gasteiger partial charge in [0.05, 0.1) is 30.6 Å². The monoisotopic (exact) mass is 910 g/mol. The number of amides is 4. The molecule has 11 rings (SSSR count). The van der Waals surface area contributed by atoms with Gasteiger partial charge >= 0.3 is 12.2 Å². The fourth-order valence-corrected chi connectivity index (χ4v) is 11.9. The van der Waals surface area contributed by atoms with Gasteiger partial charge in [0.2, 0.25) is 11.8 Å². The van der Waals surface area contributed by atoms with Crippen LogP contribution >= 0.6 is 0 Å². The Bertz CT molecular complexity index is 2730. The molecule has 2 aromatic heterocycles. The van der Waals surface area contributed by atoms with Crippen molar-refractivity contribution in [3.63, 3.8) is 0 Å². The van der Waals surface area contributed by atoms with Gasteiger partial charge in [0.25, 0.3) is 0 Å². The van der Waals surface area contributed by atoms with Gasteiger partial charge in [-0.3, -0.25) is 9.59 Å². The number of imidazole rings is 2. The van der Waals surface area contributed by atoms with E-state index in [1.165, 1.54) is 7.11 Å². The molecular weight excluding hydrogens is 853 g/mol. The SMILES string of the molecule is COC(=O)N[C@H](C(=O)N1[C@H]2C[C@]2(C)C[C@H]1c1nc(-c2ccc3cc(-c4ccc(-c5c[nH]c([C@@H]6C[C@]7(C)C[C@@H]7N6C(=O)[C@@H](NC(=O)O)C6CCOCC6)n5)cc4)ccc3c2)c[nH]1)C1CCOCC1. The van der Waals surface area contributed by atoms with E-state index in [0.29, 0.717) is 57.9 Å². The van der Waals surface area contributed by atoms with E-state index in [1.54, 1.807) is 0 Å². The number of carbonyl (C=O) groups excluding carboxylic acids is 3. The lowest BCUT2D eigenvalue weighted by atomic mass is 9.90. The summed E-state index contributed by atoms with van der Waals surface area (Å²) < 4.78 is 16.0. The summed E-state index contributed by atoms with van der Waals surface area (Å²) in [6.07, 6.45) is 8.07. The minimum Gasteiger partial charge on any atom is -0.465 e. The van der Waals surface area contributed by atoms with Crippen molar-refractivity contribution in [2.24, 2.45) is 22.7 Å². The third kappa shape index (κ3) is 8.00. The average Bonchev–Trinajstić information content (AvgIpc) is 3.77. The Morgan fingerprint density at radius 1 is 0.657 bits per heavy atom. The van der Waals surface area contributed by atoms with E-state index in [4.69, 9.17) is 24.2 Å². The molecule has 6 heterocycles. The van der Waals surface area contributed by atoms with Crippen molar-refractivity contribution < 1.29 is 38.5 Å². The van der Waals surface area contributed by atoms with Crippen LogP contribution in [-0.4, -0.2) is 117 Å². The van der Waals surface area contributed by atoms with Crippen LogP contribution in [0.15, 0.2) is 73.1 Å². The highest BCUT2D eigenvalue weighted by atomic mass is 16.5. The number of piperidine rings is 2. The van der Waals surface area contributed by atoms with E-state index in [9.17, 15) is 24.3 Å². The first kappa shape index (κ1) is 43.3. The van der Waals surface area contributed by atoms with E-state index in [-0.39, 0.29) is 58.6 Å². The quantitative estimate of drug-likeness (QED) is 0.0878. The van der Waals surface area contributed by atoms with Crippen molar-refractivity contribution in [1.29, 1.82) is 0 Å². The standard InChI is InChI=1S/C51H58N8O8/c1-50-22-38(58(40(50)24-50)46(60)42(56-48(62)63)30-12-16-66-17-13-30)44-52-26-36(54-44)29-6-4-28(5-7-29)32-8-9-34-21-35(11-10-33(34)20-32)37-27-53-45(55-37)39-23-51(2)25-41(51)59(39)47(61)43(57-49(64)65-3)31-14-18-67-19-15-31/h4-11,20-21,26-27,30-31,38-43,56H,12-19,22-25H2,1-3H3,(H,52,54)(H,53,55)(H,57,64)(H,62,63)/t38-,39-,40-,41-,42-,43-,50+,51-/m0/s1. The van der Waals surface area contributed by atoms with Crippen LogP contribution in [0.4, 0.5) is 9.59 Å². The van der Waals surface area contributed by atoms with Gasteiger partial charge < -0.3 is 49.7 Å². The lowest BCUT2D eigenvalue weighted by molar-refractivity contribution is -0.138. The number of nitrogens with zero attached hydrogens (tertiary/aromatic N) is 4. The molecule has 3 aromatic carbocycles. The van der Waals surface area contributed by atoms with E-state index in [0.717, 1.165) is 75.9 Å². The maximum absolute atomic E-state index is 14.4. The maximum atomic E-state index is 14.4. The highest BCUT2D eigenvalue weighted by molar-refractivity contribution is 5.91. The summed E-state index contributed by atoms with van der Waals surface area (Å²) in [5, 5.41) is 17.3. The van der Waals surface area contributed by atoms with Crippen LogP contribution in [0.1, 0.15) is 88.9 Å². The van der Waals surface area contributed by atoms with Crippen LogP contribution in [0.2, 0.25) is 0 Å². The maximum Gasteiger partial charge on any atom is 0.407 e. The molecule has 16 heteroatoms. The van der Waals surface area contributed by atoms with Gasteiger partial charge in [-0.2, -0.15) is 0 Å². The van der Waals surface area contributed by atoms with Crippen LogP contribution in [0, 0.1) is 22.7 Å². The number of fused-ring (bicyclic) bond motifs is 3. The normalized spacial score (nSPS) is 27.8. The van der Waals surface area contributed by atoms with Crippen LogP contribution in [0.3, 0.4) is 0 Å². The van der Waals surface area contributed by atoms with Crippen LogP contribution in [0.5, 0.6) is 0 Å². The first-order valence-corrected chi connectivity index (χ1v) is 23.8. The summed E-state index contributed by atoms with van der Waals surface area (Å²) in [6, 6.07) is 19.3. The second-order valence-corrected chi connectivity index (χ2v) is 20.3. The number of methoxy groups -OCH3 is 1. The van der Waals surface area contributed by atoms with E-state index in [1.807, 2.05) is 22.2 Å². The third-order valence-electron chi connectivity index (χ3n) is 16.0. The molecule has 0 bridgehead atoms. The number of carbonyl (C=O) groups is 4. The third-order valence-corrected chi connectivity index (χ3v) is 16.0. The van der Waals surface area contributed by atoms with Crippen molar-refractivity contribution in [2.45, 2.75) is 101 Å². The van der Waals surface area contributed by atoms with Gasteiger partial charge in [-0.1, -0.05) is 62.4 Å². The number of benzene rings is 3. The fourth-order valence-electron chi connectivity index (χ4n) is 11.9. The van der Waals surface area contributed by atoms with E-state index < -0.39 is 24.3 Å². The lowest BCUT2D eigenvalue weighted by Crippen LogP contribution is -2.54. The molecule has 67 heavy (non-hydrogen) atoms. The number of alkyl carbamates (subject to hydrolysis) is 1. The molecule has 5 aromatic rings. The Morgan fingerprint density at radius 2 is 1.10 bits per heavy atom. The van der Waals surface area contributed by atoms with Crippen molar-refractivity contribution in [3.05, 3.63) is 84.7 Å². The Kier molecular flexibility index (Phi) is 10.9. The molecule has 16 nitrogen and oxygen atoms in total. The number of rotatable bonds is 11. The zero-order chi connectivity index (χ0) is 46.2. The molecule has 350 valence electrons. The first-order chi connectivity index (χ1) is 32.4. The number of aromatic amines is 2. The van der Waals surface area contributed by atoms with Crippen LogP contribution in [0.25, 0.3) is 44.4 Å². The predicted molar refractivity (Wildman–Crippen MR) is 247 cm³/mol. The summed E-state index contributed by atoms with van der Waals surface area (Å²) >= 11 is 0. The Balaban J connectivity index is 0.780. The molecule has 2 saturated carbocycles. The molecule has 5 N–H and O–H groups in total. The summed E-state index contributed by atoms with van der Waals surface area (Å²) in [4.78, 5) is 73.7. The molecule has 4 saturated heterocycles. The molecule has 0 unspecified atom stereocenters. The summed E-state index contributed by atoms with van der Waals surface area (Å²) in [5.74, 6) is 1.05. The van der Waals surface area contributed by atoms with E-state index >= 15 is 0 Å². The largest absolute Gasteiger partial charge is 0.465 e. The second kappa shape index (κ2) is 16.8. The van der Waals surface area contributed by atoms with Gasteiger partial charge in [-0.25, -0.2) is 19.6 Å². The van der Waals surface area contributed by atoms with Gasteiger partial charge in [0.15, 0.2) is 0 Å². The number of likely N-dealkylation sites (tertiary alicyclic amines) is 2. The predicted octanol–water partition coefficient (Wildman–Crippen LogP) is 7.61. The highest BCUT2D eigenvalue weighted by Gasteiger charge is 2.65. The molecule has 6 fully saturated rings. The van der Waals surface area contributed by atoms with Gasteiger partial charge in [0, 0.05) is 62.0 Å². The number of nitrogens with one attached hydrogen (secondary N) is 4. The Labute approximate surface area is 388 Å². The molecule has 0 spiro atoms. The average molecular weight is 911 g/mol. The minimum absolute atomic E-state index is 0.00946. The number of hydrogen-bond acceptors (Lipinski definition) is 9. The fraction of sp³-hybridized carbons (Fsp3) is 0.490. The zero-order valence-corrected chi connectivity index (χ0v) is 38.1. The van der Waals surface area contributed by atoms with E-state index in [2.05, 4.69) is 95.1 Å². The van der Waals surface area contributed by atoms with Crippen LogP contribution < -0.4 is 10.6 Å². The lowest BCUT2D eigenvalue weighted by Gasteiger charge is -2.35. The van der Waals surface area contributed by atoms with Crippen molar-refractivity contribution in [1.82, 2.24) is 40.4 Å². The number of hydrogen-bond donors (Lipinski definition) is 5. The zero-order valence-electron chi connectivity index (χ0n) is 38.1. The first-order valence-electron chi connectivity index (χ1n) is 23.8. The molecule has 0 radical (unpaired) electrons. The topological polar surface area (TPSA) is 204 Å². The molecule has 2 aliphatic carbocycles. The summed E-state index contributed by atoms with van der Waals surface area (Å²) in [7, 11) is 1.32. The van der Waals surface area contributed by atoms with Crippen molar-refractivity contribution >= 4 is 34.8 Å². The second-order valence-electron chi connectivity index (χ2n) is 20.3. The highest BCUT2D eigenvalue weighted by Crippen LogP contribution is 2.64. The van der Waals surface area contributed by atoms with Gasteiger partial charge in [0.1, 0.15) is 23.7 Å². The number of carboxylic acid groups (broad SMARTS) is 1. The molecule has 4 amide bonds. The van der Waals surface area contributed by atoms with Crippen molar-refractivity contribution in [2.75, 3.05) is 33.5 Å². The minimum atomic E-state index is -1.19. The Hall–Kier alpha value is -6.26. The van der Waals surface area contributed by atoms with Crippen molar-refractivity contribution in [3.8, 4) is 33.6 Å². The summed E-state index contributed by atoms with van der Waals surface area (Å²) in [6.45, 7) is 6.58. The molecule has 4 aliphatic heterocycles. The number of aromatic nitrogens is 4.